The van der Waals surface area contributed by atoms with Crippen LogP contribution >= 0.6 is 0 Å². The first-order chi connectivity index (χ1) is 11.9. The van der Waals surface area contributed by atoms with Gasteiger partial charge in [0, 0.05) is 0 Å². The molecule has 26 heavy (non-hydrogen) atoms. The summed E-state index contributed by atoms with van der Waals surface area (Å²) >= 11 is 0. The quantitative estimate of drug-likeness (QED) is 0.762. The smallest absolute Gasteiger partial charge is 0.321 e. The number of nitrogens with one attached hydrogen (secondary N) is 2. The number of aromatic nitrogens is 4. The fraction of sp³-hybridized carbons (Fsp3) is 0.462. The van der Waals surface area contributed by atoms with Crippen molar-refractivity contribution in [3.63, 3.8) is 0 Å². The zero-order valence-electron chi connectivity index (χ0n) is 13.2. The van der Waals surface area contributed by atoms with Gasteiger partial charge in [-0.2, -0.15) is 23.4 Å². The second-order valence-electron chi connectivity index (χ2n) is 5.28. The molecule has 0 aliphatic rings. The number of alkyl halides is 7. The van der Waals surface area contributed by atoms with E-state index in [0.717, 1.165) is 6.92 Å². The highest BCUT2D eigenvalue weighted by molar-refractivity contribution is 5.94. The van der Waals surface area contributed by atoms with E-state index in [2.05, 4.69) is 15.3 Å². The van der Waals surface area contributed by atoms with Crippen LogP contribution in [0.4, 0.5) is 36.4 Å². The van der Waals surface area contributed by atoms with Crippen LogP contribution in [0.15, 0.2) is 6.07 Å². The molecule has 13 heteroatoms. The number of H-pyrrole nitrogens is 1. The molecule has 0 aliphatic carbocycles. The van der Waals surface area contributed by atoms with Crippen molar-refractivity contribution in [2.24, 2.45) is 0 Å². The maximum absolute atomic E-state index is 13.0. The third kappa shape index (κ3) is 3.80. The molecule has 1 amide bonds. The predicted molar refractivity (Wildman–Crippen MR) is 73.8 cm³/mol. The summed E-state index contributed by atoms with van der Waals surface area (Å²) in [6.07, 6.45) is -11.2. The van der Waals surface area contributed by atoms with Crippen LogP contribution in [-0.4, -0.2) is 25.9 Å². The SMILES string of the molecule is Cc1[nH]nc(C(F)(F)F)c1NC(=O)C(C)n1nc(C(F)F)cc1C(F)F. The van der Waals surface area contributed by atoms with E-state index in [1.165, 1.54) is 6.92 Å². The summed E-state index contributed by atoms with van der Waals surface area (Å²) in [5.41, 5.74) is -4.15. The first-order valence-electron chi connectivity index (χ1n) is 7.02. The molecule has 2 aromatic rings. The van der Waals surface area contributed by atoms with Crippen LogP contribution in [0, 0.1) is 6.92 Å². The molecule has 0 bridgehead atoms. The lowest BCUT2D eigenvalue weighted by atomic mass is 10.2. The first-order valence-corrected chi connectivity index (χ1v) is 7.02. The van der Waals surface area contributed by atoms with Gasteiger partial charge in [-0.25, -0.2) is 17.6 Å². The maximum atomic E-state index is 13.0. The Hall–Kier alpha value is -2.60. The molecule has 1 unspecified atom stereocenters. The minimum Gasteiger partial charge on any atom is -0.321 e. The lowest BCUT2D eigenvalue weighted by molar-refractivity contribution is -0.140. The number of amides is 1. The van der Waals surface area contributed by atoms with E-state index >= 15 is 0 Å². The summed E-state index contributed by atoms with van der Waals surface area (Å²) < 4.78 is 90.3. The predicted octanol–water partition coefficient (Wildman–Crippen LogP) is 4.01. The first kappa shape index (κ1) is 19.7. The van der Waals surface area contributed by atoms with Gasteiger partial charge in [0.25, 0.3) is 12.9 Å². The average Bonchev–Trinajstić information content (AvgIpc) is 3.11. The standard InChI is InChI=1S/C13H12F7N5O/c1-4-8(9(23-22-4)13(18,19)20)21-12(26)5(2)25-7(11(16)17)3-6(24-25)10(14)15/h3,5,10-11H,1-2H3,(H,21,26)(H,22,23). The van der Waals surface area contributed by atoms with Crippen LogP contribution in [-0.2, 0) is 11.0 Å². The van der Waals surface area contributed by atoms with Gasteiger partial charge in [0.2, 0.25) is 5.91 Å². The van der Waals surface area contributed by atoms with Gasteiger partial charge in [-0.1, -0.05) is 0 Å². The highest BCUT2D eigenvalue weighted by Gasteiger charge is 2.38. The Balaban J connectivity index is 2.33. The fourth-order valence-corrected chi connectivity index (χ4v) is 2.13. The Morgan fingerprint density at radius 2 is 1.85 bits per heavy atom. The summed E-state index contributed by atoms with van der Waals surface area (Å²) in [5.74, 6) is -1.16. The average molecular weight is 387 g/mol. The van der Waals surface area contributed by atoms with Crippen molar-refractivity contribution in [2.45, 2.75) is 38.9 Å². The van der Waals surface area contributed by atoms with Gasteiger partial charge in [-0.15, -0.1) is 0 Å². The van der Waals surface area contributed by atoms with Crippen molar-refractivity contribution >= 4 is 11.6 Å². The van der Waals surface area contributed by atoms with Gasteiger partial charge in [0.05, 0.1) is 11.4 Å². The van der Waals surface area contributed by atoms with Crippen LogP contribution in [0.1, 0.15) is 48.6 Å². The minimum atomic E-state index is -4.88. The van der Waals surface area contributed by atoms with E-state index < -0.39 is 53.7 Å². The van der Waals surface area contributed by atoms with Crippen LogP contribution in [0.5, 0.6) is 0 Å². The Morgan fingerprint density at radius 1 is 1.23 bits per heavy atom. The largest absolute Gasteiger partial charge is 0.437 e. The molecule has 0 radical (unpaired) electrons. The molecule has 0 saturated heterocycles. The number of aromatic amines is 1. The fourth-order valence-electron chi connectivity index (χ4n) is 2.13. The van der Waals surface area contributed by atoms with E-state index in [0.29, 0.717) is 10.7 Å². The van der Waals surface area contributed by atoms with E-state index in [1.54, 1.807) is 0 Å². The van der Waals surface area contributed by atoms with Crippen molar-refractivity contribution in [1.82, 2.24) is 20.0 Å². The van der Waals surface area contributed by atoms with Gasteiger partial charge < -0.3 is 5.32 Å². The Bertz CT molecular complexity index is 795. The van der Waals surface area contributed by atoms with E-state index in [-0.39, 0.29) is 5.69 Å². The highest BCUT2D eigenvalue weighted by atomic mass is 19.4. The molecule has 2 N–H and O–H groups in total. The summed E-state index contributed by atoms with van der Waals surface area (Å²) in [5, 5.41) is 10.3. The Labute approximate surface area is 141 Å². The van der Waals surface area contributed by atoms with Gasteiger partial charge in [0.15, 0.2) is 5.69 Å². The number of carbonyl (C=O) groups excluding carboxylic acids is 1. The van der Waals surface area contributed by atoms with Crippen molar-refractivity contribution < 1.29 is 35.5 Å². The Kier molecular flexibility index (Phi) is 5.28. The number of hydrogen-bond donors (Lipinski definition) is 2. The van der Waals surface area contributed by atoms with Gasteiger partial charge in [-0.3, -0.25) is 14.6 Å². The lowest BCUT2D eigenvalue weighted by Gasteiger charge is -2.16. The van der Waals surface area contributed by atoms with Crippen molar-refractivity contribution in [1.29, 1.82) is 0 Å². The second kappa shape index (κ2) is 6.96. The van der Waals surface area contributed by atoms with Gasteiger partial charge in [0.1, 0.15) is 17.4 Å². The molecule has 0 aromatic carbocycles. The molecule has 0 spiro atoms. The summed E-state index contributed by atoms with van der Waals surface area (Å²) in [6.45, 7) is 2.24. The third-order valence-electron chi connectivity index (χ3n) is 3.44. The molecule has 0 fully saturated rings. The number of anilines is 1. The molecule has 0 saturated carbocycles. The molecule has 6 nitrogen and oxygen atoms in total. The molecule has 1 atom stereocenters. The van der Waals surface area contributed by atoms with Crippen molar-refractivity contribution in [3.8, 4) is 0 Å². The van der Waals surface area contributed by atoms with Crippen LogP contribution in [0.25, 0.3) is 0 Å². The maximum Gasteiger partial charge on any atom is 0.437 e. The van der Waals surface area contributed by atoms with Gasteiger partial charge in [-0.05, 0) is 19.9 Å². The minimum absolute atomic E-state index is 0.124. The van der Waals surface area contributed by atoms with Crippen molar-refractivity contribution in [2.75, 3.05) is 5.32 Å². The van der Waals surface area contributed by atoms with E-state index in [1.807, 2.05) is 5.32 Å². The molecule has 144 valence electrons. The van der Waals surface area contributed by atoms with Gasteiger partial charge >= 0.3 is 6.18 Å². The summed E-state index contributed by atoms with van der Waals surface area (Å²) in [7, 11) is 0. The van der Waals surface area contributed by atoms with E-state index in [9.17, 15) is 35.5 Å². The number of halogens is 7. The molecular formula is C13H12F7N5O. The Morgan fingerprint density at radius 3 is 2.35 bits per heavy atom. The zero-order chi connectivity index (χ0) is 19.8. The number of aryl methyl sites for hydroxylation is 1. The molecule has 0 aliphatic heterocycles. The number of hydrogen-bond acceptors (Lipinski definition) is 3. The van der Waals surface area contributed by atoms with Crippen LogP contribution in [0.2, 0.25) is 0 Å². The number of nitrogens with zero attached hydrogens (tertiary/aromatic N) is 3. The molecule has 2 aromatic heterocycles. The second-order valence-corrected chi connectivity index (χ2v) is 5.28. The van der Waals surface area contributed by atoms with Crippen molar-refractivity contribution in [3.05, 3.63) is 28.8 Å². The topological polar surface area (TPSA) is 75.6 Å². The normalized spacial score (nSPS) is 13.5. The van der Waals surface area contributed by atoms with Crippen LogP contribution < -0.4 is 5.32 Å². The van der Waals surface area contributed by atoms with Crippen LogP contribution in [0.3, 0.4) is 0 Å². The summed E-state index contributed by atoms with van der Waals surface area (Å²) in [6, 6.07) is -1.15. The monoisotopic (exact) mass is 387 g/mol. The summed E-state index contributed by atoms with van der Waals surface area (Å²) in [4.78, 5) is 12.2. The highest BCUT2D eigenvalue weighted by Crippen LogP contribution is 2.35. The van der Waals surface area contributed by atoms with E-state index in [4.69, 9.17) is 0 Å². The lowest BCUT2D eigenvalue weighted by Crippen LogP contribution is -2.27. The number of rotatable bonds is 5. The molecule has 2 heterocycles. The number of carbonyl (C=O) groups is 1. The zero-order valence-corrected chi connectivity index (χ0v) is 13.2. The molecular weight excluding hydrogens is 375 g/mol. The molecule has 2 rings (SSSR count). The third-order valence-corrected chi connectivity index (χ3v) is 3.44.